The molecule has 8 heteroatoms. The highest BCUT2D eigenvalue weighted by Crippen LogP contribution is 2.11. The molecule has 22 heavy (non-hydrogen) atoms. The van der Waals surface area contributed by atoms with Crippen LogP contribution in [0, 0.1) is 0 Å². The lowest BCUT2D eigenvalue weighted by atomic mass is 10.2. The molecule has 0 unspecified atom stereocenters. The molecule has 0 aliphatic heterocycles. The van der Waals surface area contributed by atoms with Crippen LogP contribution in [0.25, 0.3) is 6.08 Å². The Morgan fingerprint density at radius 1 is 1.14 bits per heavy atom. The molecule has 0 saturated heterocycles. The van der Waals surface area contributed by atoms with E-state index in [-0.39, 0.29) is 26.4 Å². The fraction of sp³-hybridized carbons (Fsp3) is 0.357. The van der Waals surface area contributed by atoms with Crippen molar-refractivity contribution in [2.75, 3.05) is 33.5 Å². The zero-order valence-corrected chi connectivity index (χ0v) is 12.3. The Bertz CT molecular complexity index is 414. The van der Waals surface area contributed by atoms with E-state index in [1.54, 1.807) is 31.4 Å². The second-order valence-corrected chi connectivity index (χ2v) is 3.67. The number of carboxylic acids is 1. The summed E-state index contributed by atoms with van der Waals surface area (Å²) in [5, 5.41) is 24.7. The second-order valence-electron chi connectivity index (χ2n) is 3.67. The molecular formula is C14H21NO7. The number of ether oxygens (including phenoxy) is 1. The minimum Gasteiger partial charge on any atom is -0.497 e. The first kappa shape index (κ1) is 20.0. The van der Waals surface area contributed by atoms with Crippen LogP contribution in [0.15, 0.2) is 30.3 Å². The third-order valence-electron chi connectivity index (χ3n) is 2.04. The van der Waals surface area contributed by atoms with E-state index in [9.17, 15) is 4.79 Å². The van der Waals surface area contributed by atoms with Gasteiger partial charge in [0.25, 0.3) is 0 Å². The van der Waals surface area contributed by atoms with E-state index in [1.165, 1.54) is 6.08 Å². The van der Waals surface area contributed by atoms with Gasteiger partial charge in [-0.3, -0.25) is 9.68 Å². The van der Waals surface area contributed by atoms with Crippen LogP contribution in [0.1, 0.15) is 5.56 Å². The van der Waals surface area contributed by atoms with Crippen molar-refractivity contribution >= 4 is 12.0 Å². The third kappa shape index (κ3) is 11.8. The van der Waals surface area contributed by atoms with E-state index in [4.69, 9.17) is 20.1 Å². The highest BCUT2D eigenvalue weighted by atomic mass is 16.9. The lowest BCUT2D eigenvalue weighted by Crippen LogP contribution is -2.19. The average molecular weight is 315 g/mol. The maximum Gasteiger partial charge on any atom is 0.328 e. The van der Waals surface area contributed by atoms with E-state index in [1.807, 2.05) is 0 Å². The molecule has 124 valence electrons. The molecule has 0 aliphatic rings. The van der Waals surface area contributed by atoms with Crippen LogP contribution in [-0.4, -0.2) is 54.8 Å². The molecule has 1 aromatic carbocycles. The van der Waals surface area contributed by atoms with Gasteiger partial charge in [-0.1, -0.05) is 17.8 Å². The topological polar surface area (TPSA) is 117 Å². The van der Waals surface area contributed by atoms with Gasteiger partial charge in [-0.2, -0.15) is 0 Å². The highest BCUT2D eigenvalue weighted by Gasteiger charge is 1.91. The molecule has 0 heterocycles. The van der Waals surface area contributed by atoms with Crippen molar-refractivity contribution in [3.63, 3.8) is 0 Å². The monoisotopic (exact) mass is 315 g/mol. The Hall–Kier alpha value is -1.97. The maximum absolute atomic E-state index is 10.2. The van der Waals surface area contributed by atoms with Crippen molar-refractivity contribution in [2.45, 2.75) is 0 Å². The number of carboxylic acid groups (broad SMARTS) is 1. The zero-order valence-electron chi connectivity index (χ0n) is 12.3. The number of aliphatic hydroxyl groups excluding tert-OH is 2. The maximum atomic E-state index is 10.2. The summed E-state index contributed by atoms with van der Waals surface area (Å²) in [7, 11) is 1.59. The predicted octanol–water partition coefficient (Wildman–Crippen LogP) is 0.217. The van der Waals surface area contributed by atoms with Crippen molar-refractivity contribution < 1.29 is 34.5 Å². The highest BCUT2D eigenvalue weighted by molar-refractivity contribution is 5.85. The van der Waals surface area contributed by atoms with Crippen LogP contribution in [0.4, 0.5) is 0 Å². The van der Waals surface area contributed by atoms with Crippen LogP contribution in [0.2, 0.25) is 0 Å². The Kier molecular flexibility index (Phi) is 12.7. The summed E-state index contributed by atoms with van der Waals surface area (Å²) < 4.78 is 4.95. The Morgan fingerprint density at radius 2 is 1.68 bits per heavy atom. The molecule has 0 bridgehead atoms. The number of aliphatic carboxylic acids is 1. The van der Waals surface area contributed by atoms with Crippen molar-refractivity contribution in [1.29, 1.82) is 0 Å². The minimum atomic E-state index is -0.948. The zero-order chi connectivity index (χ0) is 16.6. The minimum absolute atomic E-state index is 0.0600. The number of carbonyl (C=O) groups is 1. The number of aliphatic hydroxyl groups is 2. The van der Waals surface area contributed by atoms with Crippen LogP contribution >= 0.6 is 0 Å². The van der Waals surface area contributed by atoms with Crippen molar-refractivity contribution in [3.8, 4) is 5.75 Å². The Labute approximate surface area is 128 Å². The first-order valence-corrected chi connectivity index (χ1v) is 6.39. The number of nitrogens with one attached hydrogen (secondary N) is 1. The average Bonchev–Trinajstić information content (AvgIpc) is 2.54. The normalized spacial score (nSPS) is 10.1. The van der Waals surface area contributed by atoms with E-state index < -0.39 is 5.97 Å². The molecule has 0 aliphatic carbocycles. The van der Waals surface area contributed by atoms with E-state index >= 15 is 0 Å². The molecule has 1 rings (SSSR count). The Morgan fingerprint density at radius 3 is 2.09 bits per heavy atom. The fourth-order valence-electron chi connectivity index (χ4n) is 1.10. The van der Waals surface area contributed by atoms with Gasteiger partial charge in [0.2, 0.25) is 0 Å². The van der Waals surface area contributed by atoms with Crippen LogP contribution in [0.3, 0.4) is 0 Å². The lowest BCUT2D eigenvalue weighted by Gasteiger charge is -2.01. The van der Waals surface area contributed by atoms with Crippen LogP contribution in [0.5, 0.6) is 5.75 Å². The number of hydrogen-bond acceptors (Lipinski definition) is 7. The van der Waals surface area contributed by atoms with Gasteiger partial charge < -0.3 is 20.1 Å². The van der Waals surface area contributed by atoms with E-state index in [2.05, 4.69) is 15.3 Å². The molecule has 0 fully saturated rings. The smallest absolute Gasteiger partial charge is 0.328 e. The summed E-state index contributed by atoms with van der Waals surface area (Å²) in [4.78, 5) is 19.1. The molecule has 8 nitrogen and oxygen atoms in total. The van der Waals surface area contributed by atoms with Crippen molar-refractivity contribution in [2.24, 2.45) is 0 Å². The largest absolute Gasteiger partial charge is 0.497 e. The molecule has 0 radical (unpaired) electrons. The SMILES string of the molecule is COc1ccc(C=CC(=O)O)cc1.OCCONOCCO. The van der Waals surface area contributed by atoms with E-state index in [0.717, 1.165) is 17.4 Å². The van der Waals surface area contributed by atoms with Gasteiger partial charge in [-0.05, 0) is 23.8 Å². The number of benzene rings is 1. The van der Waals surface area contributed by atoms with Gasteiger partial charge >= 0.3 is 5.97 Å². The molecule has 4 N–H and O–H groups in total. The number of rotatable bonds is 9. The van der Waals surface area contributed by atoms with Gasteiger partial charge in [0.1, 0.15) is 5.75 Å². The van der Waals surface area contributed by atoms with Gasteiger partial charge in [-0.25, -0.2) is 4.79 Å². The lowest BCUT2D eigenvalue weighted by molar-refractivity contribution is -0.178. The summed E-state index contributed by atoms with van der Waals surface area (Å²) in [5.74, 6) is -0.191. The molecule has 0 aromatic heterocycles. The predicted molar refractivity (Wildman–Crippen MR) is 78.9 cm³/mol. The van der Waals surface area contributed by atoms with Gasteiger partial charge in [0.05, 0.1) is 33.5 Å². The molecule has 0 saturated carbocycles. The molecule has 0 amide bonds. The first-order valence-electron chi connectivity index (χ1n) is 6.39. The van der Waals surface area contributed by atoms with E-state index in [0.29, 0.717) is 0 Å². The molecular weight excluding hydrogens is 294 g/mol. The summed E-state index contributed by atoms with van der Waals surface area (Å²) in [5.41, 5.74) is 2.90. The van der Waals surface area contributed by atoms with Crippen LogP contribution in [-0.2, 0) is 14.5 Å². The van der Waals surface area contributed by atoms with Crippen molar-refractivity contribution in [3.05, 3.63) is 35.9 Å². The van der Waals surface area contributed by atoms with Crippen LogP contribution < -0.4 is 10.4 Å². The fourth-order valence-corrected chi connectivity index (χ4v) is 1.10. The third-order valence-corrected chi connectivity index (χ3v) is 2.04. The Balaban J connectivity index is 0.000000433. The second kappa shape index (κ2) is 14.0. The standard InChI is InChI=1S/C10H10O3.C4H11NO4/c1-13-9-5-2-8(3-6-9)4-7-10(11)12;6-1-3-8-5-9-4-2-7/h2-7H,1H3,(H,11,12);5-7H,1-4H2. The molecule has 0 spiro atoms. The summed E-state index contributed by atoms with van der Waals surface area (Å²) in [6, 6.07) is 7.14. The van der Waals surface area contributed by atoms with Gasteiger partial charge in [-0.15, -0.1) is 0 Å². The molecule has 0 atom stereocenters. The number of methoxy groups -OCH3 is 1. The first-order chi connectivity index (χ1) is 10.6. The molecule has 1 aromatic rings. The van der Waals surface area contributed by atoms with Gasteiger partial charge in [0.15, 0.2) is 0 Å². The quantitative estimate of drug-likeness (QED) is 0.290. The number of hydrogen-bond donors (Lipinski definition) is 4. The van der Waals surface area contributed by atoms with Gasteiger partial charge in [0, 0.05) is 6.08 Å². The summed E-state index contributed by atoms with van der Waals surface area (Å²) in [6.07, 6.45) is 2.63. The van der Waals surface area contributed by atoms with Crippen molar-refractivity contribution in [1.82, 2.24) is 5.64 Å². The summed E-state index contributed by atoms with van der Waals surface area (Å²) in [6.45, 7) is 0.224. The summed E-state index contributed by atoms with van der Waals surface area (Å²) >= 11 is 0.